The summed E-state index contributed by atoms with van der Waals surface area (Å²) in [6.45, 7) is 2.05. The van der Waals surface area contributed by atoms with Crippen LogP contribution in [0, 0.1) is 11.6 Å². The Balaban J connectivity index is 1.72. The van der Waals surface area contributed by atoms with Crippen molar-refractivity contribution in [2.75, 3.05) is 10.6 Å². The third kappa shape index (κ3) is 4.59. The number of carbonyl (C=O) groups excluding carboxylic acids is 2. The quantitative estimate of drug-likeness (QED) is 0.652. The van der Waals surface area contributed by atoms with Crippen molar-refractivity contribution in [1.29, 1.82) is 0 Å². The van der Waals surface area contributed by atoms with Gasteiger partial charge < -0.3 is 10.6 Å². The molecule has 0 spiro atoms. The second-order valence-corrected chi connectivity index (χ2v) is 6.17. The number of anilines is 2. The number of hydrogen-bond donors (Lipinski definition) is 2. The summed E-state index contributed by atoms with van der Waals surface area (Å²) in [7, 11) is 0. The van der Waals surface area contributed by atoms with Gasteiger partial charge in [-0.05, 0) is 54.4 Å². The molecule has 0 unspecified atom stereocenters. The average Bonchev–Trinajstić information content (AvgIpc) is 2.71. The van der Waals surface area contributed by atoms with Crippen molar-refractivity contribution in [3.05, 3.63) is 95.1 Å². The van der Waals surface area contributed by atoms with Crippen LogP contribution in [-0.4, -0.2) is 11.8 Å². The molecule has 0 atom stereocenters. The molecule has 3 aromatic carbocycles. The van der Waals surface area contributed by atoms with Gasteiger partial charge in [-0.25, -0.2) is 8.78 Å². The number of benzene rings is 3. The van der Waals surface area contributed by atoms with Crippen LogP contribution in [0.1, 0.15) is 33.2 Å². The highest BCUT2D eigenvalue weighted by Crippen LogP contribution is 2.16. The third-order valence-corrected chi connectivity index (χ3v) is 4.18. The monoisotopic (exact) mass is 380 g/mol. The minimum atomic E-state index is -1.06. The number of rotatable bonds is 5. The first-order chi connectivity index (χ1) is 13.5. The summed E-state index contributed by atoms with van der Waals surface area (Å²) in [5, 5.41) is 5.25. The highest BCUT2D eigenvalue weighted by atomic mass is 19.2. The fraction of sp³-hybridized carbons (Fsp3) is 0.0909. The molecule has 0 aliphatic rings. The van der Waals surface area contributed by atoms with Gasteiger partial charge in [0.15, 0.2) is 11.6 Å². The van der Waals surface area contributed by atoms with Gasteiger partial charge in [0, 0.05) is 28.6 Å². The highest BCUT2D eigenvalue weighted by molar-refractivity contribution is 6.08. The number of carbonyl (C=O) groups is 2. The lowest BCUT2D eigenvalue weighted by atomic mass is 10.1. The van der Waals surface area contributed by atoms with E-state index in [4.69, 9.17) is 0 Å². The van der Waals surface area contributed by atoms with Crippen LogP contribution in [-0.2, 0) is 6.42 Å². The summed E-state index contributed by atoms with van der Waals surface area (Å²) in [5.74, 6) is -2.94. The van der Waals surface area contributed by atoms with E-state index in [1.807, 2.05) is 31.2 Å². The predicted molar refractivity (Wildman–Crippen MR) is 105 cm³/mol. The predicted octanol–water partition coefficient (Wildman–Crippen LogP) is 5.03. The fourth-order valence-corrected chi connectivity index (χ4v) is 2.61. The van der Waals surface area contributed by atoms with E-state index >= 15 is 0 Å². The van der Waals surface area contributed by atoms with Gasteiger partial charge in [-0.15, -0.1) is 0 Å². The molecule has 0 fully saturated rings. The van der Waals surface area contributed by atoms with E-state index in [2.05, 4.69) is 10.6 Å². The Kier molecular flexibility index (Phi) is 5.79. The second kappa shape index (κ2) is 8.43. The van der Waals surface area contributed by atoms with Crippen LogP contribution in [0.5, 0.6) is 0 Å². The van der Waals surface area contributed by atoms with Crippen LogP contribution in [0.2, 0.25) is 0 Å². The zero-order valence-electron chi connectivity index (χ0n) is 15.1. The maximum absolute atomic E-state index is 13.3. The second-order valence-electron chi connectivity index (χ2n) is 6.17. The molecule has 0 aliphatic heterocycles. The van der Waals surface area contributed by atoms with E-state index in [0.29, 0.717) is 11.3 Å². The van der Waals surface area contributed by atoms with Gasteiger partial charge >= 0.3 is 0 Å². The van der Waals surface area contributed by atoms with Gasteiger partial charge in [0.2, 0.25) is 0 Å². The number of amides is 2. The summed E-state index contributed by atoms with van der Waals surface area (Å²) >= 11 is 0. The first-order valence-corrected chi connectivity index (χ1v) is 8.73. The molecule has 0 heterocycles. The van der Waals surface area contributed by atoms with Gasteiger partial charge in [0.05, 0.1) is 0 Å². The largest absolute Gasteiger partial charge is 0.322 e. The summed E-state index contributed by atoms with van der Waals surface area (Å²) in [5.41, 5.74) is 2.46. The molecule has 2 N–H and O–H groups in total. The zero-order chi connectivity index (χ0) is 20.1. The van der Waals surface area contributed by atoms with Crippen LogP contribution < -0.4 is 10.6 Å². The molecule has 0 aliphatic carbocycles. The summed E-state index contributed by atoms with van der Waals surface area (Å²) in [6, 6.07) is 16.7. The van der Waals surface area contributed by atoms with Crippen molar-refractivity contribution in [2.45, 2.75) is 13.3 Å². The minimum Gasteiger partial charge on any atom is -0.322 e. The Hall–Kier alpha value is -3.54. The standard InChI is InChI=1S/C22H18F2N2O2/c1-2-14-6-8-17(9-7-14)25-21(27)15-4-3-5-16(12-15)22(28)26-18-10-11-19(23)20(24)13-18/h3-13H,2H2,1H3,(H,25,27)(H,26,28). The molecule has 142 valence electrons. The van der Waals surface area contributed by atoms with Crippen molar-refractivity contribution < 1.29 is 18.4 Å². The Morgan fingerprint density at radius 3 is 1.89 bits per heavy atom. The highest BCUT2D eigenvalue weighted by Gasteiger charge is 2.12. The SMILES string of the molecule is CCc1ccc(NC(=O)c2cccc(C(=O)Nc3ccc(F)c(F)c3)c2)cc1. The third-order valence-electron chi connectivity index (χ3n) is 4.18. The van der Waals surface area contributed by atoms with Crippen LogP contribution >= 0.6 is 0 Å². The van der Waals surface area contributed by atoms with Crippen LogP contribution in [0.3, 0.4) is 0 Å². The molecule has 28 heavy (non-hydrogen) atoms. The molecule has 0 saturated heterocycles. The maximum atomic E-state index is 13.3. The first-order valence-electron chi connectivity index (χ1n) is 8.73. The number of halogens is 2. The minimum absolute atomic E-state index is 0.120. The van der Waals surface area contributed by atoms with Gasteiger partial charge in [0.25, 0.3) is 11.8 Å². The molecule has 3 rings (SSSR count). The van der Waals surface area contributed by atoms with E-state index in [9.17, 15) is 18.4 Å². The van der Waals surface area contributed by atoms with Crippen LogP contribution in [0.15, 0.2) is 66.7 Å². The molecule has 6 heteroatoms. The van der Waals surface area contributed by atoms with Gasteiger partial charge in [-0.3, -0.25) is 9.59 Å². The average molecular weight is 380 g/mol. The fourth-order valence-electron chi connectivity index (χ4n) is 2.61. The van der Waals surface area contributed by atoms with Crippen molar-refractivity contribution >= 4 is 23.2 Å². The number of nitrogens with one attached hydrogen (secondary N) is 2. The lowest BCUT2D eigenvalue weighted by Gasteiger charge is -2.09. The molecule has 2 amide bonds. The molecule has 0 radical (unpaired) electrons. The van der Waals surface area contributed by atoms with Crippen molar-refractivity contribution in [1.82, 2.24) is 0 Å². The molecule has 3 aromatic rings. The lowest BCUT2D eigenvalue weighted by molar-refractivity contribution is 0.102. The molecule has 4 nitrogen and oxygen atoms in total. The Labute approximate surface area is 161 Å². The van der Waals surface area contributed by atoms with Crippen molar-refractivity contribution in [2.24, 2.45) is 0 Å². The van der Waals surface area contributed by atoms with Crippen LogP contribution in [0.4, 0.5) is 20.2 Å². The van der Waals surface area contributed by atoms with Crippen LogP contribution in [0.25, 0.3) is 0 Å². The molecular weight excluding hydrogens is 362 g/mol. The normalized spacial score (nSPS) is 10.4. The van der Waals surface area contributed by atoms with Crippen molar-refractivity contribution in [3.63, 3.8) is 0 Å². The summed E-state index contributed by atoms with van der Waals surface area (Å²) in [4.78, 5) is 24.8. The Morgan fingerprint density at radius 2 is 1.32 bits per heavy atom. The van der Waals surface area contributed by atoms with Crippen molar-refractivity contribution in [3.8, 4) is 0 Å². The van der Waals surface area contributed by atoms with Gasteiger partial charge in [-0.2, -0.15) is 0 Å². The lowest BCUT2D eigenvalue weighted by Crippen LogP contribution is -2.15. The summed E-state index contributed by atoms with van der Waals surface area (Å²) < 4.78 is 26.3. The zero-order valence-corrected chi connectivity index (χ0v) is 15.1. The molecular formula is C22H18F2N2O2. The van der Waals surface area contributed by atoms with E-state index in [0.717, 1.165) is 24.1 Å². The number of aryl methyl sites for hydroxylation is 1. The van der Waals surface area contributed by atoms with E-state index in [1.165, 1.54) is 18.2 Å². The number of hydrogen-bond acceptors (Lipinski definition) is 2. The van der Waals surface area contributed by atoms with E-state index in [-0.39, 0.29) is 17.2 Å². The smallest absolute Gasteiger partial charge is 0.255 e. The molecule has 0 saturated carbocycles. The van der Waals surface area contributed by atoms with E-state index in [1.54, 1.807) is 12.1 Å². The first kappa shape index (κ1) is 19.2. The summed E-state index contributed by atoms with van der Waals surface area (Å²) in [6.07, 6.45) is 0.906. The van der Waals surface area contributed by atoms with Gasteiger partial charge in [0.1, 0.15) is 0 Å². The molecule has 0 bridgehead atoms. The topological polar surface area (TPSA) is 58.2 Å². The maximum Gasteiger partial charge on any atom is 0.255 e. The van der Waals surface area contributed by atoms with E-state index < -0.39 is 17.5 Å². The Morgan fingerprint density at radius 1 is 0.750 bits per heavy atom. The Bertz CT molecular complexity index is 1020. The molecule has 0 aromatic heterocycles. The van der Waals surface area contributed by atoms with Gasteiger partial charge in [-0.1, -0.05) is 25.1 Å².